The summed E-state index contributed by atoms with van der Waals surface area (Å²) in [5, 5.41) is 0.786. The monoisotopic (exact) mass is 492 g/mol. The standard InChI is InChI=1S/C30H36O6/c1-8-9-16-33-23-13-10-21(11-14-23)25-17-22-12-15-24(18-26(22)34-28(25)32)35-29(4,5)19-30(6,7)36-27(31)20(2)3/h10-15,17-18H,2,8-9,16,19H2,1,3-7H3. The van der Waals surface area contributed by atoms with Gasteiger partial charge in [-0.3, -0.25) is 0 Å². The Morgan fingerprint density at radius 2 is 1.64 bits per heavy atom. The Bertz CT molecular complexity index is 1280. The van der Waals surface area contributed by atoms with Crippen LogP contribution in [0.5, 0.6) is 11.5 Å². The van der Waals surface area contributed by atoms with Crippen molar-refractivity contribution in [2.75, 3.05) is 6.61 Å². The van der Waals surface area contributed by atoms with Crippen LogP contribution in [0.2, 0.25) is 0 Å². The van der Waals surface area contributed by atoms with Crippen LogP contribution in [0.25, 0.3) is 22.1 Å². The lowest BCUT2D eigenvalue weighted by atomic mass is 9.92. The minimum atomic E-state index is -0.756. The summed E-state index contributed by atoms with van der Waals surface area (Å²) in [5.74, 6) is 0.899. The van der Waals surface area contributed by atoms with E-state index in [1.54, 1.807) is 13.0 Å². The van der Waals surface area contributed by atoms with Gasteiger partial charge in [-0.05, 0) is 76.9 Å². The topological polar surface area (TPSA) is 75.0 Å². The van der Waals surface area contributed by atoms with Crippen molar-refractivity contribution in [1.29, 1.82) is 0 Å². The zero-order chi connectivity index (χ0) is 26.5. The summed E-state index contributed by atoms with van der Waals surface area (Å²) >= 11 is 0. The molecule has 1 heterocycles. The molecule has 0 atom stereocenters. The third-order valence-electron chi connectivity index (χ3n) is 5.60. The van der Waals surface area contributed by atoms with Gasteiger partial charge in [0.1, 0.15) is 28.3 Å². The minimum absolute atomic E-state index is 0.349. The van der Waals surface area contributed by atoms with E-state index in [4.69, 9.17) is 18.6 Å². The van der Waals surface area contributed by atoms with Crippen molar-refractivity contribution in [3.05, 3.63) is 71.1 Å². The van der Waals surface area contributed by atoms with Crippen LogP contribution in [-0.4, -0.2) is 23.8 Å². The van der Waals surface area contributed by atoms with Crippen LogP contribution < -0.4 is 15.1 Å². The molecule has 0 aliphatic heterocycles. The lowest BCUT2D eigenvalue weighted by Gasteiger charge is -2.35. The second-order valence-electron chi connectivity index (χ2n) is 10.3. The highest BCUT2D eigenvalue weighted by Gasteiger charge is 2.33. The number of hydrogen-bond acceptors (Lipinski definition) is 6. The number of unbranched alkanes of at least 4 members (excludes halogenated alkanes) is 1. The van der Waals surface area contributed by atoms with Gasteiger partial charge in [0, 0.05) is 23.4 Å². The lowest BCUT2D eigenvalue weighted by molar-refractivity contribution is -0.155. The van der Waals surface area contributed by atoms with Crippen molar-refractivity contribution < 1.29 is 23.4 Å². The molecule has 0 radical (unpaired) electrons. The molecule has 2 aromatic carbocycles. The number of fused-ring (bicyclic) bond motifs is 1. The first-order valence-electron chi connectivity index (χ1n) is 12.3. The Hall–Kier alpha value is -3.54. The Labute approximate surface area is 212 Å². The van der Waals surface area contributed by atoms with E-state index < -0.39 is 22.8 Å². The number of esters is 1. The molecule has 1 aromatic heterocycles. The number of carbonyl (C=O) groups excluding carboxylic acids is 1. The minimum Gasteiger partial charge on any atom is -0.494 e. The van der Waals surface area contributed by atoms with Crippen molar-refractivity contribution in [1.82, 2.24) is 0 Å². The summed E-state index contributed by atoms with van der Waals surface area (Å²) in [4.78, 5) is 24.7. The van der Waals surface area contributed by atoms with E-state index in [9.17, 15) is 9.59 Å². The summed E-state index contributed by atoms with van der Waals surface area (Å²) in [6.07, 6.45) is 2.51. The molecule has 0 fully saturated rings. The third kappa shape index (κ3) is 7.23. The fourth-order valence-electron chi connectivity index (χ4n) is 4.18. The molecule has 0 N–H and O–H groups in total. The van der Waals surface area contributed by atoms with Crippen molar-refractivity contribution in [3.8, 4) is 22.6 Å². The highest BCUT2D eigenvalue weighted by Crippen LogP contribution is 2.31. The number of ether oxygens (including phenoxy) is 3. The first kappa shape index (κ1) is 27.1. The second-order valence-corrected chi connectivity index (χ2v) is 10.3. The molecule has 3 aromatic rings. The van der Waals surface area contributed by atoms with Crippen LogP contribution >= 0.6 is 0 Å². The molecule has 36 heavy (non-hydrogen) atoms. The summed E-state index contributed by atoms with van der Waals surface area (Å²) in [5.41, 5.74) is 0.194. The molecule has 0 spiro atoms. The smallest absolute Gasteiger partial charge is 0.344 e. The number of benzene rings is 2. The fourth-order valence-corrected chi connectivity index (χ4v) is 4.18. The van der Waals surface area contributed by atoms with E-state index in [0.29, 0.717) is 35.5 Å². The molecule has 192 valence electrons. The van der Waals surface area contributed by atoms with Gasteiger partial charge in [-0.25, -0.2) is 9.59 Å². The molecule has 0 aliphatic carbocycles. The van der Waals surface area contributed by atoms with Crippen molar-refractivity contribution in [3.63, 3.8) is 0 Å². The van der Waals surface area contributed by atoms with Crippen LogP contribution in [0.15, 0.2) is 69.9 Å². The molecule has 0 bridgehead atoms. The molecule has 6 nitrogen and oxygen atoms in total. The van der Waals surface area contributed by atoms with Crippen LogP contribution in [0.1, 0.15) is 60.8 Å². The molecule has 0 saturated carbocycles. The molecule has 0 aliphatic rings. The van der Waals surface area contributed by atoms with Gasteiger partial charge >= 0.3 is 11.6 Å². The average Bonchev–Trinajstić information content (AvgIpc) is 2.78. The van der Waals surface area contributed by atoms with Crippen LogP contribution in [0.3, 0.4) is 0 Å². The molecule has 0 amide bonds. The Kier molecular flexibility index (Phi) is 8.28. The zero-order valence-electron chi connectivity index (χ0n) is 22.1. The largest absolute Gasteiger partial charge is 0.494 e. The fraction of sp³-hybridized carbons (Fsp3) is 0.400. The summed E-state index contributed by atoms with van der Waals surface area (Å²) in [6.45, 7) is 15.6. The number of carbonyl (C=O) groups is 1. The first-order valence-corrected chi connectivity index (χ1v) is 12.3. The summed E-state index contributed by atoms with van der Waals surface area (Å²) in [6, 6.07) is 14.7. The molecular weight excluding hydrogens is 456 g/mol. The van der Waals surface area contributed by atoms with E-state index in [1.807, 2.05) is 70.2 Å². The summed E-state index contributed by atoms with van der Waals surface area (Å²) in [7, 11) is 0. The normalized spacial score (nSPS) is 11.8. The van der Waals surface area contributed by atoms with Crippen molar-refractivity contribution >= 4 is 16.9 Å². The predicted octanol–water partition coefficient (Wildman–Crippen LogP) is 7.08. The molecule has 0 unspecified atom stereocenters. The van der Waals surface area contributed by atoms with E-state index in [0.717, 1.165) is 29.5 Å². The van der Waals surface area contributed by atoms with Gasteiger partial charge in [0.15, 0.2) is 0 Å². The van der Waals surface area contributed by atoms with Crippen LogP contribution in [0.4, 0.5) is 0 Å². The molecular formula is C30H36O6. The summed E-state index contributed by atoms with van der Waals surface area (Å²) < 4.78 is 23.1. The van der Waals surface area contributed by atoms with Gasteiger partial charge in [-0.1, -0.05) is 32.1 Å². The molecule has 6 heteroatoms. The van der Waals surface area contributed by atoms with Gasteiger partial charge in [0.2, 0.25) is 0 Å². The van der Waals surface area contributed by atoms with E-state index in [1.165, 1.54) is 0 Å². The Balaban J connectivity index is 1.77. The van der Waals surface area contributed by atoms with Gasteiger partial charge in [-0.15, -0.1) is 0 Å². The number of hydrogen-bond donors (Lipinski definition) is 0. The average molecular weight is 493 g/mol. The highest BCUT2D eigenvalue weighted by atomic mass is 16.6. The van der Waals surface area contributed by atoms with E-state index in [-0.39, 0.29) is 0 Å². The lowest BCUT2D eigenvalue weighted by Crippen LogP contribution is -2.40. The van der Waals surface area contributed by atoms with Gasteiger partial charge in [-0.2, -0.15) is 0 Å². The zero-order valence-corrected chi connectivity index (χ0v) is 22.1. The Morgan fingerprint density at radius 3 is 2.28 bits per heavy atom. The quantitative estimate of drug-likeness (QED) is 0.123. The number of rotatable bonds is 11. The van der Waals surface area contributed by atoms with E-state index in [2.05, 4.69) is 13.5 Å². The first-order chi connectivity index (χ1) is 16.9. The maximum atomic E-state index is 12.8. The van der Waals surface area contributed by atoms with Crippen molar-refractivity contribution in [2.24, 2.45) is 0 Å². The van der Waals surface area contributed by atoms with E-state index >= 15 is 0 Å². The van der Waals surface area contributed by atoms with Crippen LogP contribution in [0, 0.1) is 0 Å². The highest BCUT2D eigenvalue weighted by molar-refractivity contribution is 5.87. The van der Waals surface area contributed by atoms with Gasteiger partial charge in [0.25, 0.3) is 0 Å². The maximum absolute atomic E-state index is 12.8. The van der Waals surface area contributed by atoms with Crippen molar-refractivity contribution in [2.45, 2.75) is 72.0 Å². The molecule has 3 rings (SSSR count). The molecule has 0 saturated heterocycles. The second kappa shape index (κ2) is 11.0. The SMILES string of the molecule is C=C(C)C(=O)OC(C)(C)CC(C)(C)Oc1ccc2cc(-c3ccc(OCCCC)cc3)c(=O)oc2c1. The predicted molar refractivity (Wildman–Crippen MR) is 143 cm³/mol. The van der Waals surface area contributed by atoms with Gasteiger partial charge in [0.05, 0.1) is 12.2 Å². The van der Waals surface area contributed by atoms with Crippen LogP contribution in [-0.2, 0) is 9.53 Å². The third-order valence-corrected chi connectivity index (χ3v) is 5.60. The van der Waals surface area contributed by atoms with Gasteiger partial charge < -0.3 is 18.6 Å². The maximum Gasteiger partial charge on any atom is 0.344 e. The Morgan fingerprint density at radius 1 is 0.972 bits per heavy atom.